The Morgan fingerprint density at radius 2 is 1.91 bits per heavy atom. The lowest BCUT2D eigenvalue weighted by Crippen LogP contribution is -2.36. The Morgan fingerprint density at radius 1 is 1.17 bits per heavy atom. The van der Waals surface area contributed by atoms with Crippen LogP contribution >= 0.6 is 0 Å². The van der Waals surface area contributed by atoms with E-state index in [-0.39, 0.29) is 5.41 Å². The van der Waals surface area contributed by atoms with E-state index in [0.29, 0.717) is 0 Å². The van der Waals surface area contributed by atoms with Gasteiger partial charge in [-0.05, 0) is 48.4 Å². The van der Waals surface area contributed by atoms with Crippen LogP contribution in [0.5, 0.6) is 5.75 Å². The van der Waals surface area contributed by atoms with Gasteiger partial charge in [-0.1, -0.05) is 39.8 Å². The van der Waals surface area contributed by atoms with E-state index >= 15 is 0 Å². The third kappa shape index (κ3) is 5.82. The molecule has 0 aliphatic carbocycles. The van der Waals surface area contributed by atoms with Gasteiger partial charge < -0.3 is 9.47 Å². The molecule has 0 atom stereocenters. The summed E-state index contributed by atoms with van der Waals surface area (Å²) in [4.78, 5) is 2.50. The number of ether oxygens (including phenoxy) is 2. The molecule has 1 aromatic rings. The second-order valence-corrected chi connectivity index (χ2v) is 7.48. The van der Waals surface area contributed by atoms with E-state index in [0.717, 1.165) is 58.0 Å². The van der Waals surface area contributed by atoms with Gasteiger partial charge in [0.05, 0.1) is 19.8 Å². The van der Waals surface area contributed by atoms with Crippen LogP contribution in [-0.4, -0.2) is 44.4 Å². The molecular formula is C20H33NO2. The highest BCUT2D eigenvalue weighted by molar-refractivity contribution is 5.39. The largest absolute Gasteiger partial charge is 0.493 e. The van der Waals surface area contributed by atoms with Crippen molar-refractivity contribution >= 4 is 0 Å². The normalized spacial score (nSPS) is 16.5. The number of nitrogens with zero attached hydrogens (tertiary/aromatic N) is 1. The smallest absolute Gasteiger partial charge is 0.122 e. The van der Waals surface area contributed by atoms with Gasteiger partial charge in [0.25, 0.3) is 0 Å². The summed E-state index contributed by atoms with van der Waals surface area (Å²) >= 11 is 0. The summed E-state index contributed by atoms with van der Waals surface area (Å²) in [7, 11) is 0. The Hall–Kier alpha value is -1.06. The van der Waals surface area contributed by atoms with Crippen molar-refractivity contribution in [2.24, 2.45) is 0 Å². The Morgan fingerprint density at radius 3 is 2.57 bits per heavy atom. The molecule has 3 nitrogen and oxygen atoms in total. The van der Waals surface area contributed by atoms with Gasteiger partial charge in [-0.25, -0.2) is 0 Å². The molecule has 0 bridgehead atoms. The van der Waals surface area contributed by atoms with Gasteiger partial charge in [-0.15, -0.1) is 0 Å². The molecule has 0 spiro atoms. The predicted molar refractivity (Wildman–Crippen MR) is 96.5 cm³/mol. The first-order valence-electron chi connectivity index (χ1n) is 9.07. The molecule has 3 heteroatoms. The number of hydrogen-bond acceptors (Lipinski definition) is 3. The van der Waals surface area contributed by atoms with Gasteiger partial charge in [0.2, 0.25) is 0 Å². The Balaban J connectivity index is 2.00. The summed E-state index contributed by atoms with van der Waals surface area (Å²) < 4.78 is 11.4. The van der Waals surface area contributed by atoms with E-state index in [1.54, 1.807) is 0 Å². The lowest BCUT2D eigenvalue weighted by Gasteiger charge is -2.26. The maximum Gasteiger partial charge on any atom is 0.122 e. The van der Waals surface area contributed by atoms with Gasteiger partial charge in [0, 0.05) is 13.1 Å². The minimum atomic E-state index is 0.183. The first kappa shape index (κ1) is 18.3. The predicted octanol–water partition coefficient (Wildman–Crippen LogP) is 4.04. The molecule has 130 valence electrons. The summed E-state index contributed by atoms with van der Waals surface area (Å²) in [5, 5.41) is 0. The second-order valence-electron chi connectivity index (χ2n) is 7.48. The van der Waals surface area contributed by atoms with Crippen LogP contribution in [0.2, 0.25) is 0 Å². The molecule has 23 heavy (non-hydrogen) atoms. The summed E-state index contributed by atoms with van der Waals surface area (Å²) in [6.07, 6.45) is 3.31. The average molecular weight is 319 g/mol. The highest BCUT2D eigenvalue weighted by Gasteiger charge is 2.16. The summed E-state index contributed by atoms with van der Waals surface area (Å²) in [5.74, 6) is 1.07. The Labute approximate surface area is 142 Å². The van der Waals surface area contributed by atoms with E-state index < -0.39 is 0 Å². The Bertz CT molecular complexity index is 473. The lowest BCUT2D eigenvalue weighted by atomic mass is 9.85. The highest BCUT2D eigenvalue weighted by atomic mass is 16.5. The van der Waals surface area contributed by atoms with Crippen LogP contribution in [0.25, 0.3) is 0 Å². The molecule has 1 aliphatic heterocycles. The van der Waals surface area contributed by atoms with Crippen molar-refractivity contribution in [2.45, 2.75) is 52.4 Å². The van der Waals surface area contributed by atoms with Gasteiger partial charge in [-0.2, -0.15) is 0 Å². The van der Waals surface area contributed by atoms with Crippen LogP contribution < -0.4 is 4.74 Å². The number of rotatable bonds is 7. The number of morpholine rings is 1. The van der Waals surface area contributed by atoms with Crippen LogP contribution in [0.15, 0.2) is 18.2 Å². The third-order valence-corrected chi connectivity index (χ3v) is 4.41. The average Bonchev–Trinajstić information content (AvgIpc) is 2.53. The van der Waals surface area contributed by atoms with Gasteiger partial charge in [0.15, 0.2) is 0 Å². The zero-order valence-electron chi connectivity index (χ0n) is 15.4. The fraction of sp³-hybridized carbons (Fsp3) is 0.700. The lowest BCUT2D eigenvalue weighted by molar-refractivity contribution is 0.0374. The molecule has 1 fully saturated rings. The second kappa shape index (κ2) is 8.70. The first-order chi connectivity index (χ1) is 11.0. The molecular weight excluding hydrogens is 286 g/mol. The number of benzene rings is 1. The SMILES string of the molecule is CCCOc1ccc(C(C)(C)C)cc1CCCN1CCOCC1. The van der Waals surface area contributed by atoms with Crippen LogP contribution in [0.1, 0.15) is 51.7 Å². The van der Waals surface area contributed by atoms with Crippen molar-refractivity contribution in [1.29, 1.82) is 0 Å². The maximum absolute atomic E-state index is 5.96. The molecule has 0 unspecified atom stereocenters. The topological polar surface area (TPSA) is 21.7 Å². The zero-order chi connectivity index (χ0) is 16.7. The number of aryl methyl sites for hydroxylation is 1. The molecule has 0 radical (unpaired) electrons. The Kier molecular flexibility index (Phi) is 6.91. The van der Waals surface area contributed by atoms with Crippen molar-refractivity contribution in [3.05, 3.63) is 29.3 Å². The van der Waals surface area contributed by atoms with Gasteiger partial charge in [-0.3, -0.25) is 4.90 Å². The quantitative estimate of drug-likeness (QED) is 0.757. The standard InChI is InChI=1S/C20H33NO2/c1-5-13-23-19-9-8-18(20(2,3)4)16-17(19)7-6-10-21-11-14-22-15-12-21/h8-9,16H,5-7,10-15H2,1-4H3. The van der Waals surface area contributed by atoms with E-state index in [4.69, 9.17) is 9.47 Å². The van der Waals surface area contributed by atoms with Crippen LogP contribution in [-0.2, 0) is 16.6 Å². The fourth-order valence-electron chi connectivity index (χ4n) is 2.91. The highest BCUT2D eigenvalue weighted by Crippen LogP contribution is 2.29. The van der Waals surface area contributed by atoms with E-state index in [9.17, 15) is 0 Å². The van der Waals surface area contributed by atoms with Crippen molar-refractivity contribution in [3.63, 3.8) is 0 Å². The molecule has 0 saturated carbocycles. The van der Waals surface area contributed by atoms with E-state index in [2.05, 4.69) is 50.8 Å². The van der Waals surface area contributed by atoms with Crippen LogP contribution in [0.3, 0.4) is 0 Å². The molecule has 2 rings (SSSR count). The van der Waals surface area contributed by atoms with Crippen molar-refractivity contribution in [3.8, 4) is 5.75 Å². The molecule has 0 N–H and O–H groups in total. The summed E-state index contributed by atoms with van der Waals surface area (Å²) in [6, 6.07) is 6.74. The minimum Gasteiger partial charge on any atom is -0.493 e. The third-order valence-electron chi connectivity index (χ3n) is 4.41. The molecule has 1 saturated heterocycles. The molecule has 1 heterocycles. The van der Waals surface area contributed by atoms with Gasteiger partial charge in [0.1, 0.15) is 5.75 Å². The molecule has 0 aromatic heterocycles. The summed E-state index contributed by atoms with van der Waals surface area (Å²) in [5.41, 5.74) is 2.93. The summed E-state index contributed by atoms with van der Waals surface area (Å²) in [6.45, 7) is 14.8. The molecule has 1 aliphatic rings. The number of hydrogen-bond donors (Lipinski definition) is 0. The van der Waals surface area contributed by atoms with Crippen LogP contribution in [0.4, 0.5) is 0 Å². The van der Waals surface area contributed by atoms with Crippen LogP contribution in [0, 0.1) is 0 Å². The maximum atomic E-state index is 5.96. The van der Waals surface area contributed by atoms with E-state index in [1.807, 2.05) is 0 Å². The van der Waals surface area contributed by atoms with Crippen molar-refractivity contribution in [1.82, 2.24) is 4.90 Å². The molecule has 0 amide bonds. The first-order valence-corrected chi connectivity index (χ1v) is 9.07. The zero-order valence-corrected chi connectivity index (χ0v) is 15.4. The van der Waals surface area contributed by atoms with E-state index in [1.165, 1.54) is 17.5 Å². The van der Waals surface area contributed by atoms with Crippen molar-refractivity contribution in [2.75, 3.05) is 39.5 Å². The van der Waals surface area contributed by atoms with Crippen molar-refractivity contribution < 1.29 is 9.47 Å². The minimum absolute atomic E-state index is 0.183. The monoisotopic (exact) mass is 319 g/mol. The van der Waals surface area contributed by atoms with Gasteiger partial charge >= 0.3 is 0 Å². The molecule has 1 aromatic carbocycles. The fourth-order valence-corrected chi connectivity index (χ4v) is 2.91.